The molecule has 0 fully saturated rings. The molecule has 0 aliphatic carbocycles. The number of ketones is 1. The van der Waals surface area contributed by atoms with E-state index in [-0.39, 0.29) is 36.9 Å². The Kier molecular flexibility index (Phi) is 4.70. The van der Waals surface area contributed by atoms with Crippen LogP contribution in [0.3, 0.4) is 0 Å². The van der Waals surface area contributed by atoms with Gasteiger partial charge in [-0.1, -0.05) is 6.07 Å². The van der Waals surface area contributed by atoms with Gasteiger partial charge < -0.3 is 4.74 Å². The molecular weight excluding hydrogens is 284 g/mol. The lowest BCUT2D eigenvalue weighted by molar-refractivity contribution is -0.134. The van der Waals surface area contributed by atoms with Crippen molar-refractivity contribution in [1.29, 1.82) is 0 Å². The number of amides is 1. The molecule has 0 saturated carbocycles. The molecule has 1 heterocycles. The Morgan fingerprint density at radius 2 is 1.82 bits per heavy atom. The van der Waals surface area contributed by atoms with Gasteiger partial charge in [0.25, 0.3) is 0 Å². The van der Waals surface area contributed by atoms with Gasteiger partial charge in [0.2, 0.25) is 11.7 Å². The van der Waals surface area contributed by atoms with Crippen LogP contribution in [0.25, 0.3) is 0 Å². The molecule has 1 aromatic rings. The van der Waals surface area contributed by atoms with E-state index in [2.05, 4.69) is 10.5 Å². The quantitative estimate of drug-likeness (QED) is 0.676. The van der Waals surface area contributed by atoms with Gasteiger partial charge in [0, 0.05) is 18.4 Å². The van der Waals surface area contributed by atoms with Crippen molar-refractivity contribution in [3.05, 3.63) is 34.4 Å². The molecule has 1 aliphatic rings. The van der Waals surface area contributed by atoms with E-state index in [0.29, 0.717) is 5.56 Å². The van der Waals surface area contributed by atoms with Crippen LogP contribution < -0.4 is 5.43 Å². The monoisotopic (exact) mass is 302 g/mol. The van der Waals surface area contributed by atoms with Crippen molar-refractivity contribution in [2.24, 2.45) is 5.10 Å². The van der Waals surface area contributed by atoms with Crippen LogP contribution in [0.1, 0.15) is 39.9 Å². The van der Waals surface area contributed by atoms with Gasteiger partial charge in [-0.3, -0.25) is 9.59 Å². The fraction of sp³-hybridized carbons (Fsp3) is 0.375. The van der Waals surface area contributed by atoms with Crippen molar-refractivity contribution in [2.45, 2.75) is 33.6 Å². The van der Waals surface area contributed by atoms with Crippen molar-refractivity contribution < 1.29 is 19.1 Å². The maximum atomic E-state index is 12.2. The first kappa shape index (κ1) is 15.9. The van der Waals surface area contributed by atoms with Gasteiger partial charge in [-0.15, -0.1) is 0 Å². The van der Waals surface area contributed by atoms with E-state index < -0.39 is 5.97 Å². The molecule has 6 heteroatoms. The molecule has 6 nitrogen and oxygen atoms in total. The molecule has 1 aromatic carbocycles. The average Bonchev–Trinajstić information content (AvgIpc) is 2.49. The summed E-state index contributed by atoms with van der Waals surface area (Å²) in [6.07, 6.45) is 0.416. The molecule has 0 unspecified atom stereocenters. The minimum Gasteiger partial charge on any atom is -0.453 e. The number of hydrogen-bond donors (Lipinski definition) is 1. The number of carbonyl (C=O) groups excluding carboxylic acids is 3. The third-order valence-electron chi connectivity index (χ3n) is 3.62. The molecule has 116 valence electrons. The number of aryl methyl sites for hydroxylation is 3. The Hall–Kier alpha value is -2.50. The van der Waals surface area contributed by atoms with Crippen molar-refractivity contribution >= 4 is 23.4 Å². The molecule has 2 rings (SSSR count). The lowest BCUT2D eigenvalue weighted by Gasteiger charge is -2.12. The Balaban J connectivity index is 2.00. The number of hydrogen-bond acceptors (Lipinski definition) is 5. The van der Waals surface area contributed by atoms with E-state index in [4.69, 9.17) is 4.74 Å². The number of esters is 1. The summed E-state index contributed by atoms with van der Waals surface area (Å²) in [5.74, 6) is -1.16. The first-order valence-corrected chi connectivity index (χ1v) is 7.02. The number of ether oxygens (including phenoxy) is 1. The molecule has 1 aliphatic heterocycles. The first-order chi connectivity index (χ1) is 10.4. The van der Waals surface area contributed by atoms with Crippen LogP contribution in [0.4, 0.5) is 0 Å². The van der Waals surface area contributed by atoms with E-state index in [1.807, 2.05) is 26.8 Å². The summed E-state index contributed by atoms with van der Waals surface area (Å²) < 4.78 is 4.99. The fourth-order valence-electron chi connectivity index (χ4n) is 2.17. The molecule has 0 saturated heterocycles. The lowest BCUT2D eigenvalue weighted by Crippen LogP contribution is -2.31. The van der Waals surface area contributed by atoms with Gasteiger partial charge in [0.05, 0.1) is 0 Å². The summed E-state index contributed by atoms with van der Waals surface area (Å²) in [6, 6.07) is 3.74. The highest BCUT2D eigenvalue weighted by atomic mass is 16.5. The largest absolute Gasteiger partial charge is 0.453 e. The maximum absolute atomic E-state index is 12.2. The second-order valence-corrected chi connectivity index (χ2v) is 5.34. The highest BCUT2D eigenvalue weighted by Gasteiger charge is 2.21. The summed E-state index contributed by atoms with van der Waals surface area (Å²) in [4.78, 5) is 34.9. The van der Waals surface area contributed by atoms with Gasteiger partial charge in [0.1, 0.15) is 5.71 Å². The van der Waals surface area contributed by atoms with Crippen molar-refractivity contribution in [2.75, 3.05) is 6.61 Å². The number of nitrogens with zero attached hydrogens (tertiary/aromatic N) is 1. The fourth-order valence-corrected chi connectivity index (χ4v) is 2.17. The van der Waals surface area contributed by atoms with Crippen LogP contribution in [-0.2, 0) is 14.3 Å². The maximum Gasteiger partial charge on any atom is 0.354 e. The van der Waals surface area contributed by atoms with Crippen LogP contribution in [-0.4, -0.2) is 30.0 Å². The number of benzene rings is 1. The second-order valence-electron chi connectivity index (χ2n) is 5.34. The molecule has 0 spiro atoms. The van der Waals surface area contributed by atoms with Crippen LogP contribution in [0.5, 0.6) is 0 Å². The van der Waals surface area contributed by atoms with Crippen molar-refractivity contribution in [3.8, 4) is 0 Å². The predicted octanol–water partition coefficient (Wildman–Crippen LogP) is 1.60. The number of nitrogens with one attached hydrogen (secondary N) is 1. The van der Waals surface area contributed by atoms with Crippen LogP contribution >= 0.6 is 0 Å². The minimum atomic E-state index is -0.671. The normalized spacial score (nSPS) is 14.1. The summed E-state index contributed by atoms with van der Waals surface area (Å²) in [7, 11) is 0. The Morgan fingerprint density at radius 1 is 1.14 bits per heavy atom. The van der Waals surface area contributed by atoms with Gasteiger partial charge >= 0.3 is 5.97 Å². The van der Waals surface area contributed by atoms with E-state index in [1.54, 1.807) is 6.07 Å². The molecule has 22 heavy (non-hydrogen) atoms. The summed E-state index contributed by atoms with van der Waals surface area (Å²) in [5, 5.41) is 3.64. The zero-order valence-corrected chi connectivity index (χ0v) is 12.9. The molecule has 1 N–H and O–H groups in total. The van der Waals surface area contributed by atoms with Gasteiger partial charge in [-0.05, 0) is 43.5 Å². The number of hydrazone groups is 1. The molecule has 0 aromatic heterocycles. The molecule has 0 radical (unpaired) electrons. The number of rotatable bonds is 4. The van der Waals surface area contributed by atoms with E-state index in [1.165, 1.54) is 0 Å². The third-order valence-corrected chi connectivity index (χ3v) is 3.62. The topological polar surface area (TPSA) is 84.8 Å². The highest BCUT2D eigenvalue weighted by molar-refractivity contribution is 6.37. The van der Waals surface area contributed by atoms with E-state index in [9.17, 15) is 14.4 Å². The molecule has 1 amide bonds. The Bertz CT molecular complexity index is 677. The second kappa shape index (κ2) is 6.51. The summed E-state index contributed by atoms with van der Waals surface area (Å²) in [5.41, 5.74) is 5.87. The van der Waals surface area contributed by atoms with Crippen LogP contribution in [0.15, 0.2) is 17.2 Å². The predicted molar refractivity (Wildman–Crippen MR) is 80.8 cm³/mol. The van der Waals surface area contributed by atoms with Gasteiger partial charge in [-0.25, -0.2) is 10.2 Å². The van der Waals surface area contributed by atoms with Gasteiger partial charge in [0.15, 0.2) is 6.61 Å². The SMILES string of the molecule is Cc1cc(C)c(C(=O)COC(=O)C2=NNC(=O)CC2)cc1C. The smallest absolute Gasteiger partial charge is 0.354 e. The number of carbonyl (C=O) groups is 3. The summed E-state index contributed by atoms with van der Waals surface area (Å²) in [6.45, 7) is 5.42. The van der Waals surface area contributed by atoms with Crippen molar-refractivity contribution in [3.63, 3.8) is 0 Å². The lowest BCUT2D eigenvalue weighted by atomic mass is 9.98. The van der Waals surface area contributed by atoms with Gasteiger partial charge in [-0.2, -0.15) is 5.10 Å². The number of Topliss-reactive ketones (excluding diaryl/α,β-unsaturated/α-hetero) is 1. The highest BCUT2D eigenvalue weighted by Crippen LogP contribution is 2.16. The average molecular weight is 302 g/mol. The Labute approximate surface area is 128 Å². The van der Waals surface area contributed by atoms with Crippen molar-refractivity contribution in [1.82, 2.24) is 5.43 Å². The Morgan fingerprint density at radius 3 is 2.45 bits per heavy atom. The first-order valence-electron chi connectivity index (χ1n) is 7.02. The molecule has 0 atom stereocenters. The zero-order chi connectivity index (χ0) is 16.3. The van der Waals surface area contributed by atoms with E-state index in [0.717, 1.165) is 16.7 Å². The zero-order valence-electron chi connectivity index (χ0n) is 12.9. The summed E-state index contributed by atoms with van der Waals surface area (Å²) >= 11 is 0. The van der Waals surface area contributed by atoms with E-state index >= 15 is 0 Å². The molecular formula is C16H18N2O4. The standard InChI is InChI=1S/C16H18N2O4/c1-9-6-11(3)12(7-10(9)2)14(19)8-22-16(21)13-4-5-15(20)18-17-13/h6-7H,4-5,8H2,1-3H3,(H,18,20). The minimum absolute atomic E-state index is 0.129. The molecule has 0 bridgehead atoms. The van der Waals surface area contributed by atoms with Crippen LogP contribution in [0.2, 0.25) is 0 Å². The van der Waals surface area contributed by atoms with Crippen LogP contribution in [0, 0.1) is 20.8 Å². The third kappa shape index (κ3) is 3.58.